The van der Waals surface area contributed by atoms with E-state index in [1.807, 2.05) is 0 Å². The first kappa shape index (κ1) is 12.2. The Hall–Kier alpha value is -1.88. The van der Waals surface area contributed by atoms with Gasteiger partial charge >= 0.3 is 0 Å². The van der Waals surface area contributed by atoms with Gasteiger partial charge < -0.3 is 9.42 Å². The summed E-state index contributed by atoms with van der Waals surface area (Å²) in [6, 6.07) is 7.05. The van der Waals surface area contributed by atoms with Gasteiger partial charge in [-0.05, 0) is 19.1 Å². The van der Waals surface area contributed by atoms with E-state index >= 15 is 0 Å². The van der Waals surface area contributed by atoms with Crippen molar-refractivity contribution in [3.8, 4) is 0 Å². The lowest BCUT2D eigenvalue weighted by Gasteiger charge is -2.37. The van der Waals surface area contributed by atoms with E-state index in [0.29, 0.717) is 35.4 Å². The molecule has 0 radical (unpaired) electrons. The molecule has 1 fully saturated rings. The largest absolute Gasteiger partial charge is 0.339 e. The van der Waals surface area contributed by atoms with Gasteiger partial charge in [0.25, 0.3) is 5.91 Å². The number of hydrogen-bond donors (Lipinski definition) is 0. The van der Waals surface area contributed by atoms with E-state index in [1.165, 1.54) is 0 Å². The number of amides is 1. The summed E-state index contributed by atoms with van der Waals surface area (Å²) in [4.78, 5) is 18.1. The summed E-state index contributed by atoms with van der Waals surface area (Å²) in [5, 5.41) is 4.23. The maximum absolute atomic E-state index is 12.2. The predicted molar refractivity (Wildman–Crippen MR) is 69.1 cm³/mol. The number of likely N-dealkylation sites (tertiary alicyclic amines) is 1. The molecule has 1 saturated heterocycles. The molecule has 2 aromatic rings. The van der Waals surface area contributed by atoms with Crippen LogP contribution in [0, 0.1) is 6.92 Å². The number of rotatable bonds is 2. The van der Waals surface area contributed by atoms with E-state index in [1.54, 1.807) is 36.1 Å². The molecule has 1 amide bonds. The summed E-state index contributed by atoms with van der Waals surface area (Å²) in [6.07, 6.45) is 0. The molecule has 0 saturated carbocycles. The van der Waals surface area contributed by atoms with Crippen LogP contribution in [0.15, 0.2) is 28.8 Å². The first-order valence-corrected chi connectivity index (χ1v) is 6.37. The molecule has 19 heavy (non-hydrogen) atoms. The van der Waals surface area contributed by atoms with Crippen LogP contribution in [-0.4, -0.2) is 34.0 Å². The highest BCUT2D eigenvalue weighted by Crippen LogP contribution is 2.28. The van der Waals surface area contributed by atoms with E-state index in [-0.39, 0.29) is 11.8 Å². The summed E-state index contributed by atoms with van der Waals surface area (Å²) in [7, 11) is 0. The van der Waals surface area contributed by atoms with Crippen molar-refractivity contribution in [3.63, 3.8) is 0 Å². The van der Waals surface area contributed by atoms with Gasteiger partial charge in [-0.15, -0.1) is 0 Å². The number of carbonyl (C=O) groups excluding carboxylic acids is 1. The van der Waals surface area contributed by atoms with Crippen molar-refractivity contribution in [1.29, 1.82) is 0 Å². The zero-order valence-electron chi connectivity index (χ0n) is 10.3. The van der Waals surface area contributed by atoms with E-state index in [0.717, 1.165) is 0 Å². The fourth-order valence-corrected chi connectivity index (χ4v) is 2.30. The van der Waals surface area contributed by atoms with Gasteiger partial charge in [0.05, 0.1) is 16.5 Å². The van der Waals surface area contributed by atoms with Crippen molar-refractivity contribution in [1.82, 2.24) is 15.0 Å². The van der Waals surface area contributed by atoms with Gasteiger partial charge in [0.1, 0.15) is 0 Å². The number of aryl methyl sites for hydroxylation is 1. The SMILES string of the molecule is Cc1noc(C2CN(C(=O)c3ccccc3Cl)C2)n1. The number of carbonyl (C=O) groups is 1. The molecule has 2 heterocycles. The van der Waals surface area contributed by atoms with Gasteiger partial charge in [-0.2, -0.15) is 4.98 Å². The van der Waals surface area contributed by atoms with Gasteiger partial charge in [-0.25, -0.2) is 0 Å². The molecule has 0 bridgehead atoms. The van der Waals surface area contributed by atoms with Crippen molar-refractivity contribution in [2.24, 2.45) is 0 Å². The summed E-state index contributed by atoms with van der Waals surface area (Å²) >= 11 is 6.01. The highest BCUT2D eigenvalue weighted by Gasteiger charge is 2.36. The van der Waals surface area contributed by atoms with Crippen LogP contribution in [0.4, 0.5) is 0 Å². The molecule has 1 aliphatic rings. The van der Waals surface area contributed by atoms with Crippen molar-refractivity contribution in [2.45, 2.75) is 12.8 Å². The lowest BCUT2D eigenvalue weighted by molar-refractivity contribution is 0.0569. The van der Waals surface area contributed by atoms with Gasteiger partial charge in [0, 0.05) is 13.1 Å². The fourth-order valence-electron chi connectivity index (χ4n) is 2.08. The molecular formula is C13H12ClN3O2. The van der Waals surface area contributed by atoms with Gasteiger partial charge in [0.15, 0.2) is 5.82 Å². The van der Waals surface area contributed by atoms with Crippen molar-refractivity contribution >= 4 is 17.5 Å². The normalized spacial score (nSPS) is 15.4. The second-order valence-corrected chi connectivity index (χ2v) is 4.97. The van der Waals surface area contributed by atoms with Gasteiger partial charge in [-0.1, -0.05) is 28.9 Å². The maximum atomic E-state index is 12.2. The Kier molecular flexibility index (Phi) is 2.98. The molecule has 6 heteroatoms. The quantitative estimate of drug-likeness (QED) is 0.845. The molecule has 0 atom stereocenters. The average molecular weight is 278 g/mol. The number of aromatic nitrogens is 2. The average Bonchev–Trinajstić information content (AvgIpc) is 2.74. The third kappa shape index (κ3) is 2.21. The minimum absolute atomic E-state index is 0.0573. The second-order valence-electron chi connectivity index (χ2n) is 4.57. The molecule has 1 aromatic carbocycles. The number of halogens is 1. The standard InChI is InChI=1S/C13H12ClN3O2/c1-8-15-12(19-16-8)9-6-17(7-9)13(18)10-4-2-3-5-11(10)14/h2-5,9H,6-7H2,1H3. The van der Waals surface area contributed by atoms with Crippen LogP contribution >= 0.6 is 11.6 Å². The lowest BCUT2D eigenvalue weighted by atomic mass is 9.99. The Morgan fingerprint density at radius 1 is 1.42 bits per heavy atom. The third-order valence-electron chi connectivity index (χ3n) is 3.17. The third-order valence-corrected chi connectivity index (χ3v) is 3.50. The van der Waals surface area contributed by atoms with Crippen LogP contribution in [0.1, 0.15) is 28.0 Å². The van der Waals surface area contributed by atoms with Crippen molar-refractivity contribution in [3.05, 3.63) is 46.6 Å². The Labute approximate surface area is 115 Å². The molecule has 0 N–H and O–H groups in total. The molecule has 1 aliphatic heterocycles. The minimum atomic E-state index is -0.0573. The molecule has 5 nitrogen and oxygen atoms in total. The summed E-state index contributed by atoms with van der Waals surface area (Å²) < 4.78 is 5.10. The molecule has 0 spiro atoms. The maximum Gasteiger partial charge on any atom is 0.255 e. The van der Waals surface area contributed by atoms with Crippen LogP contribution < -0.4 is 0 Å². The smallest absolute Gasteiger partial charge is 0.255 e. The van der Waals surface area contributed by atoms with Crippen LogP contribution in [0.2, 0.25) is 5.02 Å². The minimum Gasteiger partial charge on any atom is -0.339 e. The monoisotopic (exact) mass is 277 g/mol. The van der Waals surface area contributed by atoms with E-state index in [9.17, 15) is 4.79 Å². The number of nitrogens with zero attached hydrogens (tertiary/aromatic N) is 3. The zero-order chi connectivity index (χ0) is 13.4. The van der Waals surface area contributed by atoms with Crippen molar-refractivity contribution < 1.29 is 9.32 Å². The number of hydrogen-bond acceptors (Lipinski definition) is 4. The molecule has 0 aliphatic carbocycles. The molecule has 1 aromatic heterocycles. The van der Waals surface area contributed by atoms with E-state index in [4.69, 9.17) is 16.1 Å². The van der Waals surface area contributed by atoms with Crippen LogP contribution in [-0.2, 0) is 0 Å². The first-order valence-electron chi connectivity index (χ1n) is 5.99. The number of benzene rings is 1. The first-order chi connectivity index (χ1) is 9.15. The topological polar surface area (TPSA) is 59.2 Å². The van der Waals surface area contributed by atoms with Crippen molar-refractivity contribution in [2.75, 3.05) is 13.1 Å². The Morgan fingerprint density at radius 3 is 2.79 bits per heavy atom. The van der Waals surface area contributed by atoms with Gasteiger partial charge in [-0.3, -0.25) is 4.79 Å². The summed E-state index contributed by atoms with van der Waals surface area (Å²) in [5.74, 6) is 1.29. The molecular weight excluding hydrogens is 266 g/mol. The lowest BCUT2D eigenvalue weighted by Crippen LogP contribution is -2.48. The predicted octanol–water partition coefficient (Wildman–Crippen LogP) is 2.27. The van der Waals surface area contributed by atoms with Gasteiger partial charge in [0.2, 0.25) is 5.89 Å². The highest BCUT2D eigenvalue weighted by atomic mass is 35.5. The van der Waals surface area contributed by atoms with Crippen LogP contribution in [0.25, 0.3) is 0 Å². The highest BCUT2D eigenvalue weighted by molar-refractivity contribution is 6.33. The Balaban J connectivity index is 1.68. The van der Waals surface area contributed by atoms with Crippen LogP contribution in [0.5, 0.6) is 0 Å². The Bertz CT molecular complexity index is 620. The Morgan fingerprint density at radius 2 is 2.16 bits per heavy atom. The van der Waals surface area contributed by atoms with Crippen LogP contribution in [0.3, 0.4) is 0 Å². The summed E-state index contributed by atoms with van der Waals surface area (Å²) in [5.41, 5.74) is 0.532. The zero-order valence-corrected chi connectivity index (χ0v) is 11.1. The molecule has 98 valence electrons. The summed E-state index contributed by atoms with van der Waals surface area (Å²) in [6.45, 7) is 2.95. The molecule has 3 rings (SSSR count). The van der Waals surface area contributed by atoms with E-state index < -0.39 is 0 Å². The second kappa shape index (κ2) is 4.66. The van der Waals surface area contributed by atoms with E-state index in [2.05, 4.69) is 10.1 Å². The molecule has 0 unspecified atom stereocenters. The fraction of sp³-hybridized carbons (Fsp3) is 0.308.